The van der Waals surface area contributed by atoms with E-state index < -0.39 is 0 Å². The molecule has 5 heteroatoms. The number of rotatable bonds is 1. The van der Waals surface area contributed by atoms with Gasteiger partial charge in [-0.25, -0.2) is 5.48 Å². The van der Waals surface area contributed by atoms with Crippen LogP contribution >= 0.6 is 0 Å². The van der Waals surface area contributed by atoms with Crippen LogP contribution in [0.4, 0.5) is 0 Å². The van der Waals surface area contributed by atoms with Gasteiger partial charge in [0.25, 0.3) is 5.91 Å². The van der Waals surface area contributed by atoms with Gasteiger partial charge in [-0.2, -0.15) is 0 Å². The lowest BCUT2D eigenvalue weighted by molar-refractivity contribution is 0.0135. The van der Waals surface area contributed by atoms with Crippen molar-refractivity contribution in [2.24, 2.45) is 5.41 Å². The Bertz CT molecular complexity index is 675. The Kier molecular flexibility index (Phi) is 2.55. The van der Waals surface area contributed by atoms with Crippen molar-refractivity contribution < 1.29 is 14.4 Å². The highest BCUT2D eigenvalue weighted by molar-refractivity contribution is 6.05. The Morgan fingerprint density at radius 2 is 1.90 bits per heavy atom. The van der Waals surface area contributed by atoms with Crippen molar-refractivity contribution >= 4 is 11.7 Å². The summed E-state index contributed by atoms with van der Waals surface area (Å²) in [4.78, 5) is 34.5. The van der Waals surface area contributed by atoms with Gasteiger partial charge < -0.3 is 0 Å². The fourth-order valence-corrected chi connectivity index (χ4v) is 3.55. The maximum Gasteiger partial charge on any atom is 0.277 e. The van der Waals surface area contributed by atoms with Crippen molar-refractivity contribution in [2.45, 2.75) is 52.1 Å². The second-order valence-corrected chi connectivity index (χ2v) is 7.10. The van der Waals surface area contributed by atoms with Crippen LogP contribution in [-0.4, -0.2) is 16.7 Å². The normalized spacial score (nSPS) is 23.3. The Morgan fingerprint density at radius 3 is 2.62 bits per heavy atom. The first-order chi connectivity index (χ1) is 9.96. The molecule has 1 saturated carbocycles. The summed E-state index contributed by atoms with van der Waals surface area (Å²) in [5.74, 6) is 0.216. The summed E-state index contributed by atoms with van der Waals surface area (Å²) in [5.41, 5.74) is 6.15. The predicted octanol–water partition coefficient (Wildman–Crippen LogP) is 2.29. The molecule has 0 bridgehead atoms. The van der Waals surface area contributed by atoms with E-state index in [1.165, 1.54) is 0 Å². The molecule has 0 radical (unpaired) electrons. The number of aromatic nitrogens is 1. The standard InChI is InChI=1S/C16H18N2O3/c1-16(2)5-9-13(11(19)6-16)12(8-3-4-8)14-10(17-9)7-21-18-15(14)20/h8H,3-7H2,1-2H3,(H,18,20). The van der Waals surface area contributed by atoms with Crippen molar-refractivity contribution in [3.63, 3.8) is 0 Å². The third-order valence-corrected chi connectivity index (χ3v) is 4.54. The van der Waals surface area contributed by atoms with Crippen LogP contribution in [0.1, 0.15) is 76.7 Å². The van der Waals surface area contributed by atoms with Gasteiger partial charge in [0.15, 0.2) is 5.78 Å². The SMILES string of the molecule is CC1(C)CC(=O)c2c(nc3c(c2C2CC2)C(=O)NOC3)C1. The van der Waals surface area contributed by atoms with Gasteiger partial charge in [-0.15, -0.1) is 0 Å². The van der Waals surface area contributed by atoms with Gasteiger partial charge in [-0.3, -0.25) is 19.4 Å². The third-order valence-electron chi connectivity index (χ3n) is 4.54. The number of fused-ring (bicyclic) bond motifs is 2. The molecule has 0 spiro atoms. The van der Waals surface area contributed by atoms with Crippen LogP contribution in [0.15, 0.2) is 0 Å². The minimum atomic E-state index is -0.258. The Morgan fingerprint density at radius 1 is 1.14 bits per heavy atom. The Labute approximate surface area is 123 Å². The highest BCUT2D eigenvalue weighted by Gasteiger charge is 2.41. The summed E-state index contributed by atoms with van der Waals surface area (Å²) >= 11 is 0. The van der Waals surface area contributed by atoms with Crippen LogP contribution in [0.3, 0.4) is 0 Å². The van der Waals surface area contributed by atoms with Crippen LogP contribution < -0.4 is 5.48 Å². The number of hydrogen-bond acceptors (Lipinski definition) is 4. The average molecular weight is 286 g/mol. The number of Topliss-reactive ketones (excluding diaryl/α,β-unsaturated/α-hetero) is 1. The van der Waals surface area contributed by atoms with Crippen LogP contribution in [0.2, 0.25) is 0 Å². The summed E-state index contributed by atoms with van der Waals surface area (Å²) in [6, 6.07) is 0. The average Bonchev–Trinajstić information content (AvgIpc) is 3.19. The molecular formula is C16H18N2O3. The van der Waals surface area contributed by atoms with E-state index >= 15 is 0 Å². The summed E-state index contributed by atoms with van der Waals surface area (Å²) < 4.78 is 0. The summed E-state index contributed by atoms with van der Waals surface area (Å²) in [7, 11) is 0. The number of hydroxylamine groups is 1. The molecule has 0 atom stereocenters. The lowest BCUT2D eigenvalue weighted by Gasteiger charge is -2.32. The fourth-order valence-electron chi connectivity index (χ4n) is 3.55. The first-order valence-corrected chi connectivity index (χ1v) is 7.47. The number of amides is 1. The molecule has 2 aliphatic carbocycles. The highest BCUT2D eigenvalue weighted by Crippen LogP contribution is 2.47. The van der Waals surface area contributed by atoms with Gasteiger partial charge >= 0.3 is 0 Å². The van der Waals surface area contributed by atoms with Gasteiger partial charge in [0.1, 0.15) is 6.61 Å². The first kappa shape index (κ1) is 13.0. The number of carbonyl (C=O) groups is 2. The number of hydrogen-bond donors (Lipinski definition) is 1. The van der Waals surface area contributed by atoms with Crippen LogP contribution in [-0.2, 0) is 17.9 Å². The van der Waals surface area contributed by atoms with Gasteiger partial charge in [0.2, 0.25) is 0 Å². The van der Waals surface area contributed by atoms with Crippen molar-refractivity contribution in [3.05, 3.63) is 28.1 Å². The molecule has 5 nitrogen and oxygen atoms in total. The molecule has 1 amide bonds. The molecule has 1 aliphatic heterocycles. The van der Waals surface area contributed by atoms with Gasteiger partial charge in [-0.05, 0) is 36.2 Å². The maximum absolute atomic E-state index is 12.6. The van der Waals surface area contributed by atoms with Crippen molar-refractivity contribution in [3.8, 4) is 0 Å². The summed E-state index contributed by atoms with van der Waals surface area (Å²) in [5, 5.41) is 0. The minimum Gasteiger partial charge on any atom is -0.294 e. The zero-order valence-electron chi connectivity index (χ0n) is 12.3. The number of ketones is 1. The third kappa shape index (κ3) is 1.99. The molecule has 2 heterocycles. The molecule has 3 aliphatic rings. The lowest BCUT2D eigenvalue weighted by atomic mass is 9.73. The van der Waals surface area contributed by atoms with Gasteiger partial charge in [0, 0.05) is 12.0 Å². The molecule has 0 saturated heterocycles. The zero-order chi connectivity index (χ0) is 14.8. The molecular weight excluding hydrogens is 268 g/mol. The molecule has 0 unspecified atom stereocenters. The lowest BCUT2D eigenvalue weighted by Crippen LogP contribution is -2.36. The molecule has 0 aromatic carbocycles. The summed E-state index contributed by atoms with van der Waals surface area (Å²) in [6.45, 7) is 4.46. The van der Waals surface area contributed by atoms with E-state index in [1.54, 1.807) is 0 Å². The van der Waals surface area contributed by atoms with E-state index in [4.69, 9.17) is 4.84 Å². The van der Waals surface area contributed by atoms with E-state index in [2.05, 4.69) is 24.3 Å². The van der Waals surface area contributed by atoms with Gasteiger partial charge in [-0.1, -0.05) is 13.8 Å². The monoisotopic (exact) mass is 286 g/mol. The predicted molar refractivity (Wildman–Crippen MR) is 74.9 cm³/mol. The molecule has 4 rings (SSSR count). The number of nitrogens with one attached hydrogen (secondary N) is 1. The Balaban J connectivity index is 1.99. The van der Waals surface area contributed by atoms with Crippen molar-refractivity contribution in [1.29, 1.82) is 0 Å². The highest BCUT2D eigenvalue weighted by atomic mass is 16.7. The molecule has 110 valence electrons. The number of pyridine rings is 1. The second kappa shape index (κ2) is 4.13. The largest absolute Gasteiger partial charge is 0.294 e. The smallest absolute Gasteiger partial charge is 0.277 e. The molecule has 1 aromatic heterocycles. The van der Waals surface area contributed by atoms with Crippen molar-refractivity contribution in [2.75, 3.05) is 0 Å². The number of nitrogens with zero attached hydrogens (tertiary/aromatic N) is 1. The van der Waals surface area contributed by atoms with Crippen LogP contribution in [0, 0.1) is 5.41 Å². The maximum atomic E-state index is 12.6. The fraction of sp³-hybridized carbons (Fsp3) is 0.562. The summed E-state index contributed by atoms with van der Waals surface area (Å²) in [6.07, 6.45) is 3.41. The molecule has 1 aromatic rings. The van der Waals surface area contributed by atoms with Crippen LogP contribution in [0.5, 0.6) is 0 Å². The van der Waals surface area contributed by atoms with E-state index in [1.807, 2.05) is 0 Å². The van der Waals surface area contributed by atoms with E-state index in [-0.39, 0.29) is 23.7 Å². The first-order valence-electron chi connectivity index (χ1n) is 7.47. The van der Waals surface area contributed by atoms with E-state index in [9.17, 15) is 9.59 Å². The minimum absolute atomic E-state index is 0.0656. The number of carbonyl (C=O) groups excluding carboxylic acids is 2. The molecule has 21 heavy (non-hydrogen) atoms. The molecule has 1 fully saturated rings. The zero-order valence-corrected chi connectivity index (χ0v) is 12.3. The van der Waals surface area contributed by atoms with E-state index in [0.717, 1.165) is 36.1 Å². The Hall–Kier alpha value is -1.75. The quantitative estimate of drug-likeness (QED) is 0.860. The van der Waals surface area contributed by atoms with E-state index in [0.29, 0.717) is 23.6 Å². The van der Waals surface area contributed by atoms with Gasteiger partial charge in [0.05, 0.1) is 17.0 Å². The second-order valence-electron chi connectivity index (χ2n) is 7.10. The van der Waals surface area contributed by atoms with Crippen LogP contribution in [0.25, 0.3) is 0 Å². The topological polar surface area (TPSA) is 68.3 Å². The van der Waals surface area contributed by atoms with Crippen molar-refractivity contribution in [1.82, 2.24) is 10.5 Å². The molecule has 1 N–H and O–H groups in total.